The second-order valence-electron chi connectivity index (χ2n) is 13.8. The largest absolute Gasteiger partial charge is 3.00 e. The van der Waals surface area contributed by atoms with Crippen molar-refractivity contribution in [3.8, 4) is 0 Å². The van der Waals surface area contributed by atoms with E-state index in [0.717, 1.165) is 13.2 Å². The Hall–Kier alpha value is 0.394. The topological polar surface area (TPSA) is 40.7 Å². The van der Waals surface area contributed by atoms with E-state index in [1.54, 1.807) is 0 Å². The minimum absolute atomic E-state index is 0. The summed E-state index contributed by atoms with van der Waals surface area (Å²) in [5.74, 6) is 0. The third-order valence-electron chi connectivity index (χ3n) is 5.99. The number of benzene rings is 1. The Kier molecular flexibility index (Phi) is 16.3. The van der Waals surface area contributed by atoms with Gasteiger partial charge in [-0.3, -0.25) is 0 Å². The van der Waals surface area contributed by atoms with Crippen molar-refractivity contribution in [1.82, 2.24) is 0 Å². The fourth-order valence-corrected chi connectivity index (χ4v) is 16.6. The molecule has 2 aromatic carbocycles. The van der Waals surface area contributed by atoms with Crippen LogP contribution in [-0.4, -0.2) is 56.5 Å². The van der Waals surface area contributed by atoms with E-state index < -0.39 is 24.7 Å². The molecule has 2 fully saturated rings. The van der Waals surface area contributed by atoms with Crippen molar-refractivity contribution in [2.45, 2.75) is 104 Å². The van der Waals surface area contributed by atoms with Gasteiger partial charge in [-0.2, -0.15) is 5.19 Å². The smallest absolute Gasteiger partial charge is 0.668 e. The summed E-state index contributed by atoms with van der Waals surface area (Å²) in [6.45, 7) is 29.6. The normalized spacial score (nSPS) is 16.1. The Labute approximate surface area is 268 Å². The summed E-state index contributed by atoms with van der Waals surface area (Å²) in [6, 6.07) is 11.4. The van der Waals surface area contributed by atoms with Crippen molar-refractivity contribution < 1.29 is 41.6 Å². The summed E-state index contributed by atoms with van der Waals surface area (Å²) in [4.78, 5) is 7.78. The summed E-state index contributed by atoms with van der Waals surface area (Å²) >= 11 is 0. The van der Waals surface area contributed by atoms with Gasteiger partial charge in [-0.25, -0.2) is 0 Å². The molecule has 8 heteroatoms. The van der Waals surface area contributed by atoms with Crippen LogP contribution in [0, 0.1) is 44.3 Å². The molecule has 2 heterocycles. The Bertz CT molecular complexity index is 913. The molecule has 0 aliphatic carbocycles. The number of fused-ring (bicyclic) bond motifs is 1. The molecule has 2 saturated heterocycles. The number of ether oxygens (including phenoxy) is 1. The van der Waals surface area contributed by atoms with E-state index in [2.05, 4.69) is 108 Å². The maximum absolute atomic E-state index is 5.22. The Morgan fingerprint density at radius 2 is 1.37 bits per heavy atom. The fourth-order valence-electron chi connectivity index (χ4n) is 5.37. The molecular weight excluding hydrogens is 678 g/mol. The Morgan fingerprint density at radius 3 is 1.76 bits per heavy atom. The van der Waals surface area contributed by atoms with Gasteiger partial charge in [0.1, 0.15) is 0 Å². The number of nitrogens with zero attached hydrogens (tertiary/aromatic N) is 3. The van der Waals surface area contributed by atoms with Crippen molar-refractivity contribution in [3.63, 3.8) is 0 Å². The molecule has 226 valence electrons. The van der Waals surface area contributed by atoms with Crippen LogP contribution in [0.4, 0.5) is 5.69 Å². The van der Waals surface area contributed by atoms with Crippen molar-refractivity contribution in [2.24, 2.45) is 0 Å². The summed E-state index contributed by atoms with van der Waals surface area (Å²) in [7, 11) is -4.02. The van der Waals surface area contributed by atoms with Gasteiger partial charge in [0.2, 0.25) is 0 Å². The molecule has 2 aliphatic rings. The van der Waals surface area contributed by atoms with Crippen molar-refractivity contribution in [1.29, 1.82) is 0 Å². The summed E-state index contributed by atoms with van der Waals surface area (Å²) in [5, 5.41) is 4.35. The molecule has 0 amide bonds. The van der Waals surface area contributed by atoms with E-state index in [1.807, 2.05) is 0 Å². The zero-order valence-electron chi connectivity index (χ0n) is 26.6. The standard InChI is InChI=1S/C19H28N2Si.C6H18NSi2.C4H8O.CH3.Lu/c1-19(2,3)20-22(4,5)18-14-17(21-12-8-9-13-21)15-10-6-7-11-16(15)18;1-8(2,3)7-9(4,5)6;1-2-4-5-3-1;;/h6-7,10-11,14H,8-9,12-13H2,1-5H3;1-6H3;1-4H2;1H3;/q-2;-1;;-1;+3. The number of anilines is 1. The van der Waals surface area contributed by atoms with E-state index in [0.29, 0.717) is 0 Å². The Balaban J connectivity index is 0.000000713. The second kappa shape index (κ2) is 16.1. The van der Waals surface area contributed by atoms with Crippen LogP contribution < -0.4 is 10.1 Å². The van der Waals surface area contributed by atoms with Gasteiger partial charge < -0.3 is 26.7 Å². The number of hydrogen-bond donors (Lipinski definition) is 0. The molecule has 0 bridgehead atoms. The fraction of sp³-hybridized carbons (Fsp3) is 0.667. The molecule has 4 nitrogen and oxygen atoms in total. The van der Waals surface area contributed by atoms with E-state index >= 15 is 0 Å². The van der Waals surface area contributed by atoms with Crippen LogP contribution >= 0.6 is 0 Å². The van der Waals surface area contributed by atoms with Crippen LogP contribution in [-0.2, 0) is 4.74 Å². The number of rotatable bonds is 5. The predicted octanol–water partition coefficient (Wildman–Crippen LogP) is 9.02. The zero-order chi connectivity index (χ0) is 27.2. The molecule has 0 unspecified atom stereocenters. The summed E-state index contributed by atoms with van der Waals surface area (Å²) in [6.07, 6.45) is 5.20. The third kappa shape index (κ3) is 13.8. The molecule has 38 heavy (non-hydrogen) atoms. The predicted molar refractivity (Wildman–Crippen MR) is 178 cm³/mol. The molecule has 0 radical (unpaired) electrons. The van der Waals surface area contributed by atoms with E-state index in [9.17, 15) is 0 Å². The van der Waals surface area contributed by atoms with Crippen LogP contribution in [0.1, 0.15) is 46.5 Å². The van der Waals surface area contributed by atoms with Crippen LogP contribution in [0.3, 0.4) is 0 Å². The molecule has 0 saturated carbocycles. The average molecular weight is 735 g/mol. The minimum Gasteiger partial charge on any atom is -0.668 e. The molecule has 2 aliphatic heterocycles. The van der Waals surface area contributed by atoms with Gasteiger partial charge in [0.15, 0.2) is 0 Å². The van der Waals surface area contributed by atoms with Gasteiger partial charge in [-0.05, 0) is 31.4 Å². The first-order chi connectivity index (χ1) is 16.5. The first-order valence-corrected chi connectivity index (χ1v) is 23.8. The van der Waals surface area contributed by atoms with Gasteiger partial charge in [-0.1, -0.05) is 103 Å². The van der Waals surface area contributed by atoms with Gasteiger partial charge in [0, 0.05) is 26.3 Å². The maximum Gasteiger partial charge on any atom is 3.00 e. The van der Waals surface area contributed by atoms with Gasteiger partial charge in [0.05, 0.1) is 0 Å². The van der Waals surface area contributed by atoms with Crippen LogP contribution in [0.25, 0.3) is 20.4 Å². The van der Waals surface area contributed by atoms with Crippen molar-refractivity contribution in [3.05, 3.63) is 47.4 Å². The zero-order valence-corrected chi connectivity index (χ0v) is 31.2. The molecule has 0 atom stereocenters. The molecule has 2 aromatic rings. The monoisotopic (exact) mass is 734 g/mol. The molecule has 4 rings (SSSR count). The van der Waals surface area contributed by atoms with Crippen LogP contribution in [0.5, 0.6) is 0 Å². The first kappa shape index (κ1) is 38.4. The van der Waals surface area contributed by atoms with Crippen LogP contribution in [0.2, 0.25) is 52.4 Å². The molecular formula is C30H57LuN3OSi3-. The van der Waals surface area contributed by atoms with Crippen LogP contribution in [0.15, 0.2) is 30.3 Å². The molecule has 0 N–H and O–H groups in total. The summed E-state index contributed by atoms with van der Waals surface area (Å²) < 4.78 is 9.76. The van der Waals surface area contributed by atoms with E-state index in [-0.39, 0.29) is 49.8 Å². The quantitative estimate of drug-likeness (QED) is 0.227. The van der Waals surface area contributed by atoms with Gasteiger partial charge in [0.25, 0.3) is 0 Å². The summed E-state index contributed by atoms with van der Waals surface area (Å²) in [5.41, 5.74) is 1.47. The Morgan fingerprint density at radius 1 is 0.842 bits per heavy atom. The third-order valence-corrected chi connectivity index (χ3v) is 14.3. The first-order valence-electron chi connectivity index (χ1n) is 14.0. The molecule has 0 aromatic heterocycles. The average Bonchev–Trinajstić information content (AvgIpc) is 3.45. The maximum atomic E-state index is 5.22. The van der Waals surface area contributed by atoms with Gasteiger partial charge in [-0.15, -0.1) is 41.3 Å². The van der Waals surface area contributed by atoms with E-state index in [1.165, 1.54) is 60.4 Å². The minimum atomic E-state index is -1.81. The van der Waals surface area contributed by atoms with E-state index in [4.69, 9.17) is 14.4 Å². The van der Waals surface area contributed by atoms with Crippen molar-refractivity contribution in [2.75, 3.05) is 31.2 Å². The van der Waals surface area contributed by atoms with Crippen molar-refractivity contribution >= 4 is 46.4 Å². The number of hydrogen-bond acceptors (Lipinski definition) is 2. The second-order valence-corrected chi connectivity index (χ2v) is 27.3. The van der Waals surface area contributed by atoms with Gasteiger partial charge >= 0.3 is 36.9 Å². The molecule has 0 spiro atoms. The SMILES string of the molecule is C1CCOC1.CC(C)(C)[N-][Si](C)(C)c1cc(N2CCCC2)[c-]2ccccc12.C[Si](C)(C)[N-][Si](C)(C)C.[CH3-].[Lu+3].